The van der Waals surface area contributed by atoms with Crippen LogP contribution >= 0.6 is 0 Å². The molecule has 2 rings (SSSR count). The van der Waals surface area contributed by atoms with Crippen molar-refractivity contribution < 1.29 is 5.11 Å². The summed E-state index contributed by atoms with van der Waals surface area (Å²) in [4.78, 5) is 0. The van der Waals surface area contributed by atoms with E-state index in [1.807, 2.05) is 18.2 Å². The van der Waals surface area contributed by atoms with E-state index in [1.165, 1.54) is 16.7 Å². The minimum atomic E-state index is 0.306. The fraction of sp³-hybridized carbons (Fsp3) is 0.176. The maximum Gasteiger partial charge on any atom is 0.115 e. The predicted octanol–water partition coefficient (Wildman–Crippen LogP) is 4.62. The molecule has 2 aromatic carbocycles. The molecule has 0 aliphatic rings. The molecular weight excluding hydrogens is 220 g/mol. The van der Waals surface area contributed by atoms with Crippen molar-refractivity contribution in [1.29, 1.82) is 0 Å². The Balaban J connectivity index is 2.55. The molecule has 0 aromatic heterocycles. The molecule has 0 aliphatic heterocycles. The molecule has 1 nitrogen and oxygen atoms in total. The number of benzene rings is 2. The third kappa shape index (κ3) is 2.62. The molecule has 0 aliphatic carbocycles. The van der Waals surface area contributed by atoms with Crippen LogP contribution in [0, 0.1) is 0 Å². The molecule has 92 valence electrons. The van der Waals surface area contributed by atoms with Gasteiger partial charge in [-0.05, 0) is 42.2 Å². The Kier molecular flexibility index (Phi) is 3.83. The molecule has 1 N–H and O–H groups in total. The van der Waals surface area contributed by atoms with Crippen LogP contribution in [0.1, 0.15) is 31.4 Å². The first-order valence-corrected chi connectivity index (χ1v) is 6.27. The summed E-state index contributed by atoms with van der Waals surface area (Å²) in [6.45, 7) is 4.33. The average molecular weight is 238 g/mol. The van der Waals surface area contributed by atoms with E-state index in [0.717, 1.165) is 12.0 Å². The van der Waals surface area contributed by atoms with E-state index in [2.05, 4.69) is 38.1 Å². The topological polar surface area (TPSA) is 20.2 Å². The number of phenolic OH excluding ortho intramolecular Hbond substituents is 1. The molecule has 0 fully saturated rings. The fourth-order valence-corrected chi connectivity index (χ4v) is 2.07. The summed E-state index contributed by atoms with van der Waals surface area (Å²) in [5, 5.41) is 9.39. The van der Waals surface area contributed by atoms with Crippen LogP contribution in [0.5, 0.6) is 5.75 Å². The highest BCUT2D eigenvalue weighted by Gasteiger charge is 2.07. The summed E-state index contributed by atoms with van der Waals surface area (Å²) < 4.78 is 0. The first-order chi connectivity index (χ1) is 8.72. The normalized spacial score (nSPS) is 12.1. The number of allylic oxidation sites excluding steroid dienone is 1. The van der Waals surface area contributed by atoms with Gasteiger partial charge in [0.15, 0.2) is 0 Å². The SMILES string of the molecule is CC/C(C)=C(/c1ccccc1)c1ccc(O)cc1. The summed E-state index contributed by atoms with van der Waals surface area (Å²) in [5.74, 6) is 0.306. The standard InChI is InChI=1S/C17H18O/c1-3-13(2)17(14-7-5-4-6-8-14)15-9-11-16(18)12-10-15/h4-12,18H,3H2,1-2H3/b17-13-. The minimum Gasteiger partial charge on any atom is -0.508 e. The van der Waals surface area contributed by atoms with Crippen LogP contribution in [-0.2, 0) is 0 Å². The molecule has 0 unspecified atom stereocenters. The van der Waals surface area contributed by atoms with Gasteiger partial charge in [-0.15, -0.1) is 0 Å². The minimum absolute atomic E-state index is 0.306. The average Bonchev–Trinajstić information content (AvgIpc) is 2.42. The lowest BCUT2D eigenvalue weighted by molar-refractivity contribution is 0.475. The van der Waals surface area contributed by atoms with E-state index in [4.69, 9.17) is 0 Å². The molecule has 0 amide bonds. The summed E-state index contributed by atoms with van der Waals surface area (Å²) in [5.41, 5.74) is 4.99. The number of aromatic hydroxyl groups is 1. The van der Waals surface area contributed by atoms with Crippen LogP contribution in [0.4, 0.5) is 0 Å². The second-order valence-electron chi connectivity index (χ2n) is 4.42. The van der Waals surface area contributed by atoms with Crippen molar-refractivity contribution in [2.45, 2.75) is 20.3 Å². The largest absolute Gasteiger partial charge is 0.508 e. The third-order valence-corrected chi connectivity index (χ3v) is 3.18. The zero-order chi connectivity index (χ0) is 13.0. The van der Waals surface area contributed by atoms with E-state index in [-0.39, 0.29) is 0 Å². The van der Waals surface area contributed by atoms with Gasteiger partial charge < -0.3 is 5.11 Å². The highest BCUT2D eigenvalue weighted by atomic mass is 16.3. The fourth-order valence-electron chi connectivity index (χ4n) is 2.07. The predicted molar refractivity (Wildman–Crippen MR) is 76.5 cm³/mol. The van der Waals surface area contributed by atoms with Crippen molar-refractivity contribution in [3.8, 4) is 5.75 Å². The highest BCUT2D eigenvalue weighted by molar-refractivity contribution is 5.82. The van der Waals surface area contributed by atoms with E-state index in [0.29, 0.717) is 5.75 Å². The van der Waals surface area contributed by atoms with Crippen molar-refractivity contribution in [3.05, 3.63) is 71.3 Å². The second kappa shape index (κ2) is 5.54. The Labute approximate surface area is 108 Å². The number of rotatable bonds is 3. The molecule has 0 radical (unpaired) electrons. The molecule has 0 heterocycles. The number of hydrogen-bond donors (Lipinski definition) is 1. The van der Waals surface area contributed by atoms with E-state index < -0.39 is 0 Å². The smallest absolute Gasteiger partial charge is 0.115 e. The van der Waals surface area contributed by atoms with Gasteiger partial charge in [-0.2, -0.15) is 0 Å². The lowest BCUT2D eigenvalue weighted by atomic mass is 9.92. The monoisotopic (exact) mass is 238 g/mol. The molecule has 0 bridgehead atoms. The van der Waals surface area contributed by atoms with E-state index in [9.17, 15) is 5.11 Å². The van der Waals surface area contributed by atoms with Gasteiger partial charge in [0.1, 0.15) is 5.75 Å². The Morgan fingerprint density at radius 2 is 1.44 bits per heavy atom. The van der Waals surface area contributed by atoms with Gasteiger partial charge in [0.05, 0.1) is 0 Å². The van der Waals surface area contributed by atoms with Crippen molar-refractivity contribution in [2.75, 3.05) is 0 Å². The van der Waals surface area contributed by atoms with Gasteiger partial charge in [0, 0.05) is 0 Å². The maximum absolute atomic E-state index is 9.39. The summed E-state index contributed by atoms with van der Waals surface area (Å²) in [6, 6.07) is 17.8. The van der Waals surface area contributed by atoms with Crippen LogP contribution in [-0.4, -0.2) is 5.11 Å². The molecule has 0 saturated carbocycles. The van der Waals surface area contributed by atoms with Gasteiger partial charge in [0.2, 0.25) is 0 Å². The Hall–Kier alpha value is -2.02. The van der Waals surface area contributed by atoms with Crippen molar-refractivity contribution in [1.82, 2.24) is 0 Å². The zero-order valence-electron chi connectivity index (χ0n) is 10.9. The van der Waals surface area contributed by atoms with Crippen molar-refractivity contribution in [2.24, 2.45) is 0 Å². The zero-order valence-corrected chi connectivity index (χ0v) is 10.9. The van der Waals surface area contributed by atoms with Gasteiger partial charge in [-0.3, -0.25) is 0 Å². The van der Waals surface area contributed by atoms with Crippen molar-refractivity contribution in [3.63, 3.8) is 0 Å². The van der Waals surface area contributed by atoms with E-state index >= 15 is 0 Å². The third-order valence-electron chi connectivity index (χ3n) is 3.18. The van der Waals surface area contributed by atoms with Crippen LogP contribution in [0.15, 0.2) is 60.2 Å². The Morgan fingerprint density at radius 3 is 2.00 bits per heavy atom. The van der Waals surface area contributed by atoms with Gasteiger partial charge in [0.25, 0.3) is 0 Å². The number of phenols is 1. The van der Waals surface area contributed by atoms with Crippen LogP contribution in [0.2, 0.25) is 0 Å². The molecule has 0 atom stereocenters. The number of hydrogen-bond acceptors (Lipinski definition) is 1. The van der Waals surface area contributed by atoms with Crippen LogP contribution in [0.25, 0.3) is 5.57 Å². The molecule has 18 heavy (non-hydrogen) atoms. The highest BCUT2D eigenvalue weighted by Crippen LogP contribution is 2.29. The maximum atomic E-state index is 9.39. The first-order valence-electron chi connectivity index (χ1n) is 6.27. The second-order valence-corrected chi connectivity index (χ2v) is 4.42. The Morgan fingerprint density at radius 1 is 0.889 bits per heavy atom. The van der Waals surface area contributed by atoms with Gasteiger partial charge in [-0.25, -0.2) is 0 Å². The van der Waals surface area contributed by atoms with Gasteiger partial charge in [-0.1, -0.05) is 55.0 Å². The Bertz CT molecular complexity index is 536. The summed E-state index contributed by atoms with van der Waals surface area (Å²) >= 11 is 0. The van der Waals surface area contributed by atoms with Gasteiger partial charge >= 0.3 is 0 Å². The lowest BCUT2D eigenvalue weighted by Crippen LogP contribution is -1.91. The van der Waals surface area contributed by atoms with Crippen molar-refractivity contribution >= 4 is 5.57 Å². The quantitative estimate of drug-likeness (QED) is 0.827. The molecular formula is C17H18O. The molecule has 2 aromatic rings. The van der Waals surface area contributed by atoms with E-state index in [1.54, 1.807) is 12.1 Å². The van der Waals surface area contributed by atoms with Crippen LogP contribution < -0.4 is 0 Å². The lowest BCUT2D eigenvalue weighted by Gasteiger charge is -2.12. The molecule has 0 saturated heterocycles. The first kappa shape index (κ1) is 12.4. The van der Waals surface area contributed by atoms with Crippen LogP contribution in [0.3, 0.4) is 0 Å². The summed E-state index contributed by atoms with van der Waals surface area (Å²) in [7, 11) is 0. The molecule has 1 heteroatoms. The molecule has 0 spiro atoms. The summed E-state index contributed by atoms with van der Waals surface area (Å²) in [6.07, 6.45) is 1.02.